The summed E-state index contributed by atoms with van der Waals surface area (Å²) >= 11 is 0. The van der Waals surface area contributed by atoms with Crippen LogP contribution in [-0.2, 0) is 28.1 Å². The molecule has 178 valence electrons. The number of fused-ring (bicyclic) bond motifs is 5. The molecule has 2 aromatic carbocycles. The molecule has 2 aliphatic heterocycles. The number of methoxy groups -OCH3 is 3. The molecule has 1 atom stereocenters. The van der Waals surface area contributed by atoms with Crippen molar-refractivity contribution in [2.24, 2.45) is 0 Å². The molecule has 1 saturated heterocycles. The number of halogens is 1. The molecule has 8 nitrogen and oxygen atoms in total. The molecular weight excluding hydrogens is 441 g/mol. The van der Waals surface area contributed by atoms with Crippen molar-refractivity contribution in [3.8, 4) is 17.2 Å². The maximum atomic E-state index is 14.0. The van der Waals surface area contributed by atoms with Gasteiger partial charge in [0.15, 0.2) is 17.0 Å². The second-order valence-electron chi connectivity index (χ2n) is 8.73. The molecule has 1 fully saturated rings. The van der Waals surface area contributed by atoms with Crippen molar-refractivity contribution in [3.05, 3.63) is 53.0 Å². The van der Waals surface area contributed by atoms with Gasteiger partial charge in [-0.05, 0) is 54.8 Å². The zero-order valence-electron chi connectivity index (χ0n) is 19.5. The highest BCUT2D eigenvalue weighted by molar-refractivity contribution is 6.00. The Labute approximate surface area is 196 Å². The highest BCUT2D eigenvalue weighted by Gasteiger charge is 2.54. The Kier molecular flexibility index (Phi) is 5.15. The molecule has 0 bridgehead atoms. The molecule has 5 rings (SSSR count). The van der Waals surface area contributed by atoms with Gasteiger partial charge in [-0.3, -0.25) is 9.59 Å². The number of nitrogens with zero attached hydrogens (tertiary/aromatic N) is 2. The Bertz CT molecular complexity index is 1290. The lowest BCUT2D eigenvalue weighted by Gasteiger charge is -2.49. The van der Waals surface area contributed by atoms with Gasteiger partial charge in [0.2, 0.25) is 11.7 Å². The van der Waals surface area contributed by atoms with Crippen LogP contribution in [0.2, 0.25) is 0 Å². The van der Waals surface area contributed by atoms with Crippen LogP contribution in [0.5, 0.6) is 17.2 Å². The van der Waals surface area contributed by atoms with Gasteiger partial charge in [-0.2, -0.15) is 0 Å². The van der Waals surface area contributed by atoms with E-state index in [2.05, 4.69) is 4.98 Å². The van der Waals surface area contributed by atoms with Gasteiger partial charge in [-0.15, -0.1) is 0 Å². The van der Waals surface area contributed by atoms with Crippen molar-refractivity contribution >= 4 is 22.7 Å². The van der Waals surface area contributed by atoms with Gasteiger partial charge < -0.3 is 29.0 Å². The van der Waals surface area contributed by atoms with E-state index < -0.39 is 5.54 Å². The SMILES string of the molecule is COc1cc(CN2CC(=O)N3CCc4c([nH]c5ccc(F)cc45)C3(C)C2=O)cc(OC)c1OC. The van der Waals surface area contributed by atoms with E-state index >= 15 is 0 Å². The summed E-state index contributed by atoms with van der Waals surface area (Å²) in [7, 11) is 4.57. The van der Waals surface area contributed by atoms with Crippen LogP contribution in [-0.4, -0.2) is 61.0 Å². The van der Waals surface area contributed by atoms with Crippen LogP contribution in [0.15, 0.2) is 30.3 Å². The molecule has 9 heteroatoms. The van der Waals surface area contributed by atoms with Crippen molar-refractivity contribution < 1.29 is 28.2 Å². The molecule has 2 aliphatic rings. The Hall–Kier alpha value is -3.75. The Balaban J connectivity index is 1.56. The van der Waals surface area contributed by atoms with E-state index in [-0.39, 0.29) is 30.7 Å². The first-order valence-corrected chi connectivity index (χ1v) is 11.0. The summed E-state index contributed by atoms with van der Waals surface area (Å²) in [6.07, 6.45) is 0.556. The standard InChI is InChI=1S/C25H26FN3O5/c1-25-23-16(17-11-15(26)5-6-18(17)27-23)7-8-29(25)21(30)13-28(24(25)31)12-14-9-19(32-2)22(34-4)20(10-14)33-3/h5-6,9-11,27H,7-8,12-13H2,1-4H3. The second kappa shape index (κ2) is 7.93. The lowest BCUT2D eigenvalue weighted by molar-refractivity contribution is -0.166. The van der Waals surface area contributed by atoms with E-state index in [4.69, 9.17) is 14.2 Å². The predicted molar refractivity (Wildman–Crippen MR) is 123 cm³/mol. The minimum Gasteiger partial charge on any atom is -0.493 e. The quantitative estimate of drug-likeness (QED) is 0.624. The lowest BCUT2D eigenvalue weighted by atomic mass is 9.83. The first kappa shape index (κ1) is 22.1. The molecule has 0 spiro atoms. The largest absolute Gasteiger partial charge is 0.493 e. The average Bonchev–Trinajstić information content (AvgIpc) is 3.20. The van der Waals surface area contributed by atoms with Crippen LogP contribution < -0.4 is 14.2 Å². The van der Waals surface area contributed by atoms with Crippen molar-refractivity contribution in [1.29, 1.82) is 0 Å². The zero-order chi connectivity index (χ0) is 24.2. The van der Waals surface area contributed by atoms with E-state index in [0.29, 0.717) is 35.9 Å². The fraction of sp³-hybridized carbons (Fsp3) is 0.360. The summed E-state index contributed by atoms with van der Waals surface area (Å²) in [6, 6.07) is 8.07. The van der Waals surface area contributed by atoms with E-state index in [1.165, 1.54) is 33.5 Å². The molecule has 3 aromatic rings. The number of rotatable bonds is 5. The van der Waals surface area contributed by atoms with Gasteiger partial charge in [0.1, 0.15) is 12.4 Å². The van der Waals surface area contributed by atoms with Gasteiger partial charge in [0.25, 0.3) is 5.91 Å². The van der Waals surface area contributed by atoms with Crippen LogP contribution in [0.3, 0.4) is 0 Å². The van der Waals surface area contributed by atoms with Crippen LogP contribution >= 0.6 is 0 Å². The summed E-state index contributed by atoms with van der Waals surface area (Å²) in [5.74, 6) is 0.724. The number of hydrogen-bond donors (Lipinski definition) is 1. The number of aromatic nitrogens is 1. The number of benzene rings is 2. The smallest absolute Gasteiger partial charge is 0.255 e. The Morgan fingerprint density at radius 2 is 1.76 bits per heavy atom. The molecule has 0 radical (unpaired) electrons. The monoisotopic (exact) mass is 467 g/mol. The summed E-state index contributed by atoms with van der Waals surface area (Å²) in [6.45, 7) is 2.32. The normalized spacial score (nSPS) is 19.8. The van der Waals surface area contributed by atoms with E-state index in [9.17, 15) is 14.0 Å². The summed E-state index contributed by atoms with van der Waals surface area (Å²) in [4.78, 5) is 33.6. The average molecular weight is 467 g/mol. The van der Waals surface area contributed by atoms with E-state index in [0.717, 1.165) is 22.0 Å². The Morgan fingerprint density at radius 1 is 1.06 bits per heavy atom. The highest BCUT2D eigenvalue weighted by Crippen LogP contribution is 2.43. The number of nitrogens with one attached hydrogen (secondary N) is 1. The number of ether oxygens (including phenoxy) is 3. The van der Waals surface area contributed by atoms with Crippen LogP contribution in [0.4, 0.5) is 4.39 Å². The summed E-state index contributed by atoms with van der Waals surface area (Å²) in [5.41, 5.74) is 1.80. The topological polar surface area (TPSA) is 84.1 Å². The number of carbonyl (C=O) groups is 2. The molecule has 1 unspecified atom stereocenters. The number of amides is 2. The second-order valence-corrected chi connectivity index (χ2v) is 8.73. The van der Waals surface area contributed by atoms with Gasteiger partial charge in [-0.25, -0.2) is 4.39 Å². The summed E-state index contributed by atoms with van der Waals surface area (Å²) < 4.78 is 30.2. The van der Waals surface area contributed by atoms with Gasteiger partial charge in [-0.1, -0.05) is 0 Å². The first-order valence-electron chi connectivity index (χ1n) is 11.0. The predicted octanol–water partition coefficient (Wildman–Crippen LogP) is 2.98. The molecule has 0 aliphatic carbocycles. The third-order valence-electron chi connectivity index (χ3n) is 6.91. The summed E-state index contributed by atoms with van der Waals surface area (Å²) in [5, 5.41) is 0.748. The van der Waals surface area contributed by atoms with Gasteiger partial charge in [0, 0.05) is 24.0 Å². The zero-order valence-corrected chi connectivity index (χ0v) is 19.5. The van der Waals surface area contributed by atoms with Crippen molar-refractivity contribution in [2.75, 3.05) is 34.4 Å². The first-order chi connectivity index (χ1) is 16.3. The molecule has 1 N–H and O–H groups in total. The fourth-order valence-electron chi connectivity index (χ4n) is 5.28. The van der Waals surface area contributed by atoms with Gasteiger partial charge in [0.05, 0.1) is 27.0 Å². The van der Waals surface area contributed by atoms with Crippen LogP contribution in [0.25, 0.3) is 10.9 Å². The number of H-pyrrole nitrogens is 1. The van der Waals surface area contributed by atoms with E-state index in [1.807, 2.05) is 0 Å². The third-order valence-corrected chi connectivity index (χ3v) is 6.91. The molecule has 2 amide bonds. The maximum absolute atomic E-state index is 14.0. The van der Waals surface area contributed by atoms with Crippen molar-refractivity contribution in [2.45, 2.75) is 25.4 Å². The highest BCUT2D eigenvalue weighted by atomic mass is 19.1. The molecule has 1 aromatic heterocycles. The lowest BCUT2D eigenvalue weighted by Crippen LogP contribution is -2.66. The fourth-order valence-corrected chi connectivity index (χ4v) is 5.28. The number of aromatic amines is 1. The Morgan fingerprint density at radius 3 is 2.41 bits per heavy atom. The van der Waals surface area contributed by atoms with Crippen LogP contribution in [0.1, 0.15) is 23.7 Å². The van der Waals surface area contributed by atoms with Crippen molar-refractivity contribution in [3.63, 3.8) is 0 Å². The minimum atomic E-state index is -1.21. The number of carbonyl (C=O) groups excluding carboxylic acids is 2. The maximum Gasteiger partial charge on any atom is 0.255 e. The van der Waals surface area contributed by atoms with E-state index in [1.54, 1.807) is 34.9 Å². The van der Waals surface area contributed by atoms with Gasteiger partial charge >= 0.3 is 0 Å². The molecule has 34 heavy (non-hydrogen) atoms. The molecular formula is C25H26FN3O5. The molecule has 0 saturated carbocycles. The number of piperazine rings is 1. The molecule has 3 heterocycles. The number of hydrogen-bond acceptors (Lipinski definition) is 5. The van der Waals surface area contributed by atoms with Crippen LogP contribution in [0, 0.1) is 5.82 Å². The minimum absolute atomic E-state index is 0.0325. The third kappa shape index (κ3) is 3.10. The van der Waals surface area contributed by atoms with Crippen molar-refractivity contribution in [1.82, 2.24) is 14.8 Å².